The number of hydrogen-bond donors (Lipinski definition) is 1. The minimum absolute atomic E-state index is 0.0123. The van der Waals surface area contributed by atoms with E-state index < -0.39 is 17.8 Å². The Morgan fingerprint density at radius 3 is 2.33 bits per heavy atom. The Kier molecular flexibility index (Phi) is 7.04. The molecule has 0 aliphatic rings. The molecule has 0 atom stereocenters. The zero-order valence-electron chi connectivity index (χ0n) is 20.3. The molecule has 5 aromatic rings. The van der Waals surface area contributed by atoms with E-state index in [1.54, 1.807) is 30.3 Å². The Labute approximate surface area is 235 Å². The third-order valence-electron chi connectivity index (χ3n) is 6.08. The number of amides is 1. The van der Waals surface area contributed by atoms with Gasteiger partial charge in [-0.25, -0.2) is 9.50 Å². The van der Waals surface area contributed by atoms with Crippen LogP contribution in [0.5, 0.6) is 0 Å². The molecule has 7 nitrogen and oxygen atoms in total. The Hall–Kier alpha value is -3.60. The van der Waals surface area contributed by atoms with Gasteiger partial charge in [0.05, 0.1) is 12.2 Å². The van der Waals surface area contributed by atoms with Crippen LogP contribution in [-0.4, -0.2) is 30.3 Å². The Balaban J connectivity index is 1.47. The molecule has 2 aromatic carbocycles. The molecule has 39 heavy (non-hydrogen) atoms. The van der Waals surface area contributed by atoms with Crippen molar-refractivity contribution >= 4 is 52.2 Å². The lowest BCUT2D eigenvalue weighted by Crippen LogP contribution is -2.16. The van der Waals surface area contributed by atoms with Crippen molar-refractivity contribution in [3.63, 3.8) is 0 Å². The van der Waals surface area contributed by atoms with Gasteiger partial charge in [0.25, 0.3) is 5.91 Å². The minimum Gasteiger partial charge on any atom is -0.302 e. The third kappa shape index (κ3) is 5.45. The molecule has 13 heteroatoms. The van der Waals surface area contributed by atoms with Crippen LogP contribution in [-0.2, 0) is 12.7 Å². The third-order valence-corrected chi connectivity index (χ3v) is 7.07. The first-order valence-corrected chi connectivity index (χ1v) is 12.6. The Morgan fingerprint density at radius 2 is 1.67 bits per heavy atom. The molecule has 5 rings (SSSR count). The summed E-state index contributed by atoms with van der Waals surface area (Å²) >= 11 is 18.7. The van der Waals surface area contributed by atoms with Crippen LogP contribution in [0.3, 0.4) is 0 Å². The van der Waals surface area contributed by atoms with Crippen LogP contribution < -0.4 is 5.32 Å². The molecule has 3 aromatic heterocycles. The first kappa shape index (κ1) is 27.0. The van der Waals surface area contributed by atoms with Crippen LogP contribution in [0.4, 0.5) is 19.0 Å². The van der Waals surface area contributed by atoms with Crippen LogP contribution in [0.2, 0.25) is 15.1 Å². The summed E-state index contributed by atoms with van der Waals surface area (Å²) < 4.78 is 43.9. The molecule has 1 amide bonds. The van der Waals surface area contributed by atoms with Gasteiger partial charge in [-0.2, -0.15) is 23.4 Å². The van der Waals surface area contributed by atoms with Crippen molar-refractivity contribution in [3.05, 3.63) is 97.9 Å². The smallest absolute Gasteiger partial charge is 0.302 e. The summed E-state index contributed by atoms with van der Waals surface area (Å²) in [5.74, 6) is -0.828. The summed E-state index contributed by atoms with van der Waals surface area (Å²) in [7, 11) is 0. The number of carbonyl (C=O) groups is 1. The van der Waals surface area contributed by atoms with E-state index in [4.69, 9.17) is 34.8 Å². The number of fused-ring (bicyclic) bond motifs is 1. The summed E-state index contributed by atoms with van der Waals surface area (Å²) in [5.41, 5.74) is 1.60. The molecular formula is C26H18Cl3F3N6O. The number of anilines is 1. The number of hydrogen-bond acceptors (Lipinski definition) is 4. The summed E-state index contributed by atoms with van der Waals surface area (Å²) in [4.78, 5) is 17.3. The van der Waals surface area contributed by atoms with Crippen molar-refractivity contribution in [2.24, 2.45) is 0 Å². The number of halogens is 6. The number of nitrogens with one attached hydrogen (secondary N) is 1. The molecule has 200 valence electrons. The second kappa shape index (κ2) is 10.2. The van der Waals surface area contributed by atoms with Crippen molar-refractivity contribution in [3.8, 4) is 11.3 Å². The fraction of sp³-hybridized carbons (Fsp3) is 0.154. The molecule has 0 aliphatic heterocycles. The summed E-state index contributed by atoms with van der Waals surface area (Å²) in [5, 5.41) is 11.6. The van der Waals surface area contributed by atoms with Gasteiger partial charge in [-0.3, -0.25) is 9.48 Å². The first-order valence-electron chi connectivity index (χ1n) is 11.4. The Bertz CT molecular complexity index is 1730. The van der Waals surface area contributed by atoms with Crippen LogP contribution >= 0.6 is 34.8 Å². The summed E-state index contributed by atoms with van der Waals surface area (Å²) in [6, 6.07) is 12.4. The molecule has 0 unspecified atom stereocenters. The van der Waals surface area contributed by atoms with Gasteiger partial charge < -0.3 is 5.32 Å². The van der Waals surface area contributed by atoms with Gasteiger partial charge in [0, 0.05) is 33.4 Å². The Morgan fingerprint density at radius 1 is 0.949 bits per heavy atom. The molecule has 0 spiro atoms. The highest BCUT2D eigenvalue weighted by Gasteiger charge is 2.36. The normalized spacial score (nSPS) is 11.8. The highest BCUT2D eigenvalue weighted by molar-refractivity contribution is 6.36. The van der Waals surface area contributed by atoms with Gasteiger partial charge in [0.15, 0.2) is 22.9 Å². The molecular weight excluding hydrogens is 576 g/mol. The van der Waals surface area contributed by atoms with E-state index in [0.29, 0.717) is 25.7 Å². The maximum atomic E-state index is 14.0. The quantitative estimate of drug-likeness (QED) is 0.229. The van der Waals surface area contributed by atoms with Crippen molar-refractivity contribution in [1.29, 1.82) is 0 Å². The fourth-order valence-electron chi connectivity index (χ4n) is 3.92. The number of aryl methyl sites for hydroxylation is 2. The van der Waals surface area contributed by atoms with E-state index in [2.05, 4.69) is 20.5 Å². The second-order valence-electron chi connectivity index (χ2n) is 8.80. The SMILES string of the molecule is Cc1ccc(-c2cc(C(F)(F)F)n3nc(C(=O)Nc4nn(Cc5c(Cl)cccc5Cl)cc4Cl)cc3n2)cc1C. The molecule has 0 bridgehead atoms. The van der Waals surface area contributed by atoms with Crippen LogP contribution in [0.25, 0.3) is 16.9 Å². The number of nitrogens with zero attached hydrogens (tertiary/aromatic N) is 5. The van der Waals surface area contributed by atoms with Gasteiger partial charge in [0.2, 0.25) is 0 Å². The lowest BCUT2D eigenvalue weighted by Gasteiger charge is -2.11. The topological polar surface area (TPSA) is 77.1 Å². The van der Waals surface area contributed by atoms with Crippen molar-refractivity contribution < 1.29 is 18.0 Å². The minimum atomic E-state index is -4.75. The monoisotopic (exact) mass is 592 g/mol. The van der Waals surface area contributed by atoms with Crippen LogP contribution in [0, 0.1) is 13.8 Å². The van der Waals surface area contributed by atoms with E-state index in [9.17, 15) is 18.0 Å². The summed E-state index contributed by atoms with van der Waals surface area (Å²) in [6.07, 6.45) is -3.29. The fourth-order valence-corrected chi connectivity index (χ4v) is 4.63. The van der Waals surface area contributed by atoms with Crippen molar-refractivity contribution in [2.45, 2.75) is 26.6 Å². The molecule has 0 saturated heterocycles. The van der Waals surface area contributed by atoms with Crippen LogP contribution in [0.1, 0.15) is 32.9 Å². The average Bonchev–Trinajstić information content (AvgIpc) is 3.45. The van der Waals surface area contributed by atoms with Gasteiger partial charge in [-0.05, 0) is 49.2 Å². The van der Waals surface area contributed by atoms with E-state index in [0.717, 1.165) is 17.2 Å². The predicted molar refractivity (Wildman–Crippen MR) is 144 cm³/mol. The number of alkyl halides is 3. The molecule has 0 fully saturated rings. The first-order chi connectivity index (χ1) is 18.4. The standard InChI is InChI=1S/C26H18Cl3F3N6O/c1-13-6-7-15(8-14(13)2)20-9-22(26(30,31)32)38-23(33-20)10-21(35-38)25(39)34-24-19(29)12-37(36-24)11-16-17(27)4-3-5-18(16)28/h3-10,12H,11H2,1-2H3,(H,34,36,39). The van der Waals surface area contributed by atoms with Crippen LogP contribution in [0.15, 0.2) is 54.7 Å². The van der Waals surface area contributed by atoms with E-state index in [-0.39, 0.29) is 34.4 Å². The van der Waals surface area contributed by atoms with E-state index in [1.807, 2.05) is 19.9 Å². The lowest BCUT2D eigenvalue weighted by atomic mass is 10.0. The molecule has 0 radical (unpaired) electrons. The molecule has 3 heterocycles. The van der Waals surface area contributed by atoms with E-state index >= 15 is 0 Å². The van der Waals surface area contributed by atoms with Crippen molar-refractivity contribution in [1.82, 2.24) is 24.4 Å². The maximum Gasteiger partial charge on any atom is 0.433 e. The number of rotatable bonds is 5. The molecule has 0 saturated carbocycles. The number of aromatic nitrogens is 5. The number of benzene rings is 2. The largest absolute Gasteiger partial charge is 0.433 e. The second-order valence-corrected chi connectivity index (χ2v) is 10.0. The highest BCUT2D eigenvalue weighted by atomic mass is 35.5. The maximum absolute atomic E-state index is 14.0. The van der Waals surface area contributed by atoms with Gasteiger partial charge >= 0.3 is 6.18 Å². The molecule has 0 aliphatic carbocycles. The van der Waals surface area contributed by atoms with E-state index in [1.165, 1.54) is 16.9 Å². The lowest BCUT2D eigenvalue weighted by molar-refractivity contribution is -0.142. The zero-order chi connectivity index (χ0) is 28.1. The predicted octanol–water partition coefficient (Wildman–Crippen LogP) is 7.49. The average molecular weight is 594 g/mol. The van der Waals surface area contributed by atoms with Gasteiger partial charge in [-0.15, -0.1) is 0 Å². The summed E-state index contributed by atoms with van der Waals surface area (Å²) in [6.45, 7) is 3.93. The van der Waals surface area contributed by atoms with Gasteiger partial charge in [0.1, 0.15) is 5.02 Å². The van der Waals surface area contributed by atoms with Crippen molar-refractivity contribution in [2.75, 3.05) is 5.32 Å². The molecule has 1 N–H and O–H groups in total. The zero-order valence-corrected chi connectivity index (χ0v) is 22.6. The van der Waals surface area contributed by atoms with Gasteiger partial charge in [-0.1, -0.05) is 53.0 Å². The highest BCUT2D eigenvalue weighted by Crippen LogP contribution is 2.33. The number of carbonyl (C=O) groups excluding carboxylic acids is 1.